The van der Waals surface area contributed by atoms with Gasteiger partial charge in [0.2, 0.25) is 0 Å². The molecule has 0 saturated heterocycles. The molecule has 86 valence electrons. The molecule has 0 aliphatic rings. The van der Waals surface area contributed by atoms with Gasteiger partial charge >= 0.3 is 0 Å². The minimum absolute atomic E-state index is 0.713. The van der Waals surface area contributed by atoms with Gasteiger partial charge in [-0.1, -0.05) is 39.8 Å². The van der Waals surface area contributed by atoms with Gasteiger partial charge in [0, 0.05) is 0 Å². The van der Waals surface area contributed by atoms with Gasteiger partial charge in [-0.3, -0.25) is 0 Å². The molecule has 0 aliphatic heterocycles. The van der Waals surface area contributed by atoms with E-state index in [1.807, 2.05) is 26.0 Å². The highest BCUT2D eigenvalue weighted by Gasteiger charge is 1.96. The highest BCUT2D eigenvalue weighted by atomic mass is 16.5. The van der Waals surface area contributed by atoms with Crippen LogP contribution >= 0.6 is 0 Å². The van der Waals surface area contributed by atoms with Crippen LogP contribution in [0.3, 0.4) is 0 Å². The predicted molar refractivity (Wildman–Crippen MR) is 67.5 cm³/mol. The molecule has 1 heteroatoms. The van der Waals surface area contributed by atoms with Crippen LogP contribution in [-0.4, -0.2) is 6.61 Å². The van der Waals surface area contributed by atoms with E-state index in [9.17, 15) is 0 Å². The molecule has 0 saturated carbocycles. The number of ether oxygens (including phenoxy) is 1. The van der Waals surface area contributed by atoms with E-state index in [0.29, 0.717) is 5.92 Å². The van der Waals surface area contributed by atoms with E-state index in [4.69, 9.17) is 4.74 Å². The molecule has 1 aromatic carbocycles. The average molecular weight is 208 g/mol. The number of hydrogen-bond acceptors (Lipinski definition) is 1. The highest BCUT2D eigenvalue weighted by Crippen LogP contribution is 2.13. The van der Waals surface area contributed by atoms with E-state index in [-0.39, 0.29) is 0 Å². The lowest BCUT2D eigenvalue weighted by Gasteiger charge is -2.08. The zero-order valence-electron chi connectivity index (χ0n) is 10.7. The van der Waals surface area contributed by atoms with Crippen molar-refractivity contribution in [2.45, 2.75) is 41.0 Å². The fourth-order valence-electron chi connectivity index (χ4n) is 1.12. The van der Waals surface area contributed by atoms with Crippen LogP contribution in [0.2, 0.25) is 0 Å². The standard InChI is InChI=1S/C12H18O.C2H6/c1-10(2)7-8-13-12-6-4-5-11(3)9-12;1-2/h4-6,9-10H,7-8H2,1-3H3;1-2H3. The Kier molecular flexibility index (Phi) is 7.79. The topological polar surface area (TPSA) is 9.23 Å². The van der Waals surface area contributed by atoms with E-state index in [1.54, 1.807) is 0 Å². The Morgan fingerprint density at radius 2 is 1.87 bits per heavy atom. The minimum atomic E-state index is 0.713. The van der Waals surface area contributed by atoms with Crippen molar-refractivity contribution < 1.29 is 4.74 Å². The Morgan fingerprint density at radius 3 is 2.40 bits per heavy atom. The highest BCUT2D eigenvalue weighted by molar-refractivity contribution is 5.27. The van der Waals surface area contributed by atoms with Crippen LogP contribution in [0.25, 0.3) is 0 Å². The summed E-state index contributed by atoms with van der Waals surface area (Å²) < 4.78 is 5.60. The molecule has 0 N–H and O–H groups in total. The number of benzene rings is 1. The molecule has 15 heavy (non-hydrogen) atoms. The van der Waals surface area contributed by atoms with Gasteiger partial charge in [0.1, 0.15) is 5.75 Å². The summed E-state index contributed by atoms with van der Waals surface area (Å²) in [7, 11) is 0. The third kappa shape index (κ3) is 7.01. The first-order valence-corrected chi connectivity index (χ1v) is 5.88. The summed E-state index contributed by atoms with van der Waals surface area (Å²) in [6.45, 7) is 11.3. The van der Waals surface area contributed by atoms with Crippen LogP contribution < -0.4 is 4.74 Å². The first-order valence-electron chi connectivity index (χ1n) is 5.88. The van der Waals surface area contributed by atoms with Crippen molar-refractivity contribution in [1.82, 2.24) is 0 Å². The maximum Gasteiger partial charge on any atom is 0.119 e. The van der Waals surface area contributed by atoms with Crippen molar-refractivity contribution in [3.8, 4) is 5.75 Å². The predicted octanol–water partition coefficient (Wildman–Crippen LogP) is 4.45. The molecule has 0 unspecified atom stereocenters. The lowest BCUT2D eigenvalue weighted by molar-refractivity contribution is 0.289. The molecule has 0 spiro atoms. The lowest BCUT2D eigenvalue weighted by atomic mass is 10.1. The van der Waals surface area contributed by atoms with Gasteiger partial charge in [0.15, 0.2) is 0 Å². The smallest absolute Gasteiger partial charge is 0.119 e. The Labute approximate surface area is 94.5 Å². The zero-order valence-corrected chi connectivity index (χ0v) is 10.7. The maximum absolute atomic E-state index is 5.60. The van der Waals surface area contributed by atoms with Gasteiger partial charge in [-0.2, -0.15) is 0 Å². The number of hydrogen-bond donors (Lipinski definition) is 0. The number of rotatable bonds is 4. The van der Waals surface area contributed by atoms with Crippen LogP contribution in [0, 0.1) is 12.8 Å². The van der Waals surface area contributed by atoms with E-state index < -0.39 is 0 Å². The molecule has 1 aromatic rings. The molecule has 1 rings (SSSR count). The quantitative estimate of drug-likeness (QED) is 0.710. The Balaban J connectivity index is 0.000000921. The Morgan fingerprint density at radius 1 is 1.20 bits per heavy atom. The van der Waals surface area contributed by atoms with Crippen molar-refractivity contribution in [2.75, 3.05) is 6.61 Å². The van der Waals surface area contributed by atoms with Crippen molar-refractivity contribution in [2.24, 2.45) is 5.92 Å². The molecule has 0 fully saturated rings. The summed E-state index contributed by atoms with van der Waals surface area (Å²) in [4.78, 5) is 0. The average Bonchev–Trinajstić information content (AvgIpc) is 2.20. The fourth-order valence-corrected chi connectivity index (χ4v) is 1.12. The summed E-state index contributed by atoms with van der Waals surface area (Å²) in [5.41, 5.74) is 1.25. The monoisotopic (exact) mass is 208 g/mol. The number of aryl methyl sites for hydroxylation is 1. The second-order valence-electron chi connectivity index (χ2n) is 3.85. The molecule has 0 atom stereocenters. The van der Waals surface area contributed by atoms with Gasteiger partial charge in [-0.15, -0.1) is 0 Å². The maximum atomic E-state index is 5.60. The summed E-state index contributed by atoms with van der Waals surface area (Å²) >= 11 is 0. The summed E-state index contributed by atoms with van der Waals surface area (Å²) in [5.74, 6) is 1.70. The van der Waals surface area contributed by atoms with Crippen LogP contribution in [-0.2, 0) is 0 Å². The van der Waals surface area contributed by atoms with E-state index in [2.05, 4.69) is 32.9 Å². The second kappa shape index (κ2) is 8.34. The molecule has 1 nitrogen and oxygen atoms in total. The Bertz CT molecular complexity index is 253. The first-order chi connectivity index (χ1) is 7.18. The Hall–Kier alpha value is -0.980. The van der Waals surface area contributed by atoms with Gasteiger partial charge in [-0.05, 0) is 37.0 Å². The van der Waals surface area contributed by atoms with Crippen molar-refractivity contribution in [3.63, 3.8) is 0 Å². The molecule has 0 aromatic heterocycles. The van der Waals surface area contributed by atoms with Crippen molar-refractivity contribution >= 4 is 0 Å². The van der Waals surface area contributed by atoms with Crippen molar-refractivity contribution in [1.29, 1.82) is 0 Å². The fraction of sp³-hybridized carbons (Fsp3) is 0.571. The molecule has 0 radical (unpaired) electrons. The molecular formula is C14H24O. The normalized spacial score (nSPS) is 9.47. The SMILES string of the molecule is CC.Cc1cccc(OCCC(C)C)c1. The molecule has 0 heterocycles. The van der Waals surface area contributed by atoms with Crippen LogP contribution in [0.5, 0.6) is 5.75 Å². The lowest BCUT2D eigenvalue weighted by Crippen LogP contribution is -2.01. The van der Waals surface area contributed by atoms with Crippen molar-refractivity contribution in [3.05, 3.63) is 29.8 Å². The minimum Gasteiger partial charge on any atom is -0.494 e. The molecular weight excluding hydrogens is 184 g/mol. The van der Waals surface area contributed by atoms with Gasteiger partial charge < -0.3 is 4.74 Å². The van der Waals surface area contributed by atoms with Crippen LogP contribution in [0.15, 0.2) is 24.3 Å². The first kappa shape index (κ1) is 14.0. The van der Waals surface area contributed by atoms with E-state index in [1.165, 1.54) is 5.56 Å². The third-order valence-electron chi connectivity index (χ3n) is 1.95. The van der Waals surface area contributed by atoms with Gasteiger partial charge in [0.05, 0.1) is 6.61 Å². The van der Waals surface area contributed by atoms with Gasteiger partial charge in [-0.25, -0.2) is 0 Å². The summed E-state index contributed by atoms with van der Waals surface area (Å²) in [5, 5.41) is 0. The third-order valence-corrected chi connectivity index (χ3v) is 1.95. The molecule has 0 bridgehead atoms. The van der Waals surface area contributed by atoms with Crippen LogP contribution in [0.1, 0.15) is 39.7 Å². The second-order valence-corrected chi connectivity index (χ2v) is 3.85. The van der Waals surface area contributed by atoms with Crippen LogP contribution in [0.4, 0.5) is 0 Å². The zero-order chi connectivity index (χ0) is 11.7. The molecule has 0 aliphatic carbocycles. The van der Waals surface area contributed by atoms with E-state index in [0.717, 1.165) is 18.8 Å². The molecule has 0 amide bonds. The summed E-state index contributed by atoms with van der Waals surface area (Å²) in [6.07, 6.45) is 1.12. The van der Waals surface area contributed by atoms with E-state index >= 15 is 0 Å². The largest absolute Gasteiger partial charge is 0.494 e. The van der Waals surface area contributed by atoms with Gasteiger partial charge in [0.25, 0.3) is 0 Å². The summed E-state index contributed by atoms with van der Waals surface area (Å²) in [6, 6.07) is 8.18.